The van der Waals surface area contributed by atoms with Gasteiger partial charge in [0, 0.05) is 17.4 Å². The highest BCUT2D eigenvalue weighted by Gasteiger charge is 2.23. The number of hydrogen-bond donors (Lipinski definition) is 2. The van der Waals surface area contributed by atoms with Gasteiger partial charge in [0.05, 0.1) is 20.0 Å². The SMILES string of the molecule is CCS(=O)(=O)CCC(NC(=O)c1cc(OC)cc(OC)c1)C(=O)O. The normalized spacial score (nSPS) is 12.3. The van der Waals surface area contributed by atoms with Gasteiger partial charge in [-0.05, 0) is 18.6 Å². The highest BCUT2D eigenvalue weighted by Crippen LogP contribution is 2.22. The van der Waals surface area contributed by atoms with Crippen LogP contribution in [0.25, 0.3) is 0 Å². The summed E-state index contributed by atoms with van der Waals surface area (Å²) >= 11 is 0. The fourth-order valence-corrected chi connectivity index (χ4v) is 2.76. The van der Waals surface area contributed by atoms with Gasteiger partial charge in [-0.25, -0.2) is 13.2 Å². The molecule has 0 saturated carbocycles. The molecule has 0 aromatic heterocycles. The number of carbonyl (C=O) groups is 2. The Morgan fingerprint density at radius 2 is 1.71 bits per heavy atom. The van der Waals surface area contributed by atoms with Crippen LogP contribution in [0.2, 0.25) is 0 Å². The number of sulfone groups is 1. The molecule has 134 valence electrons. The molecule has 0 bridgehead atoms. The summed E-state index contributed by atoms with van der Waals surface area (Å²) in [6, 6.07) is 3.12. The van der Waals surface area contributed by atoms with E-state index in [0.29, 0.717) is 11.5 Å². The Bertz CT molecular complexity index is 678. The molecule has 1 atom stereocenters. The molecule has 1 aromatic carbocycles. The van der Waals surface area contributed by atoms with Gasteiger partial charge in [-0.1, -0.05) is 6.92 Å². The molecule has 1 rings (SSSR count). The monoisotopic (exact) mass is 359 g/mol. The van der Waals surface area contributed by atoms with Gasteiger partial charge in [0.1, 0.15) is 27.4 Å². The van der Waals surface area contributed by atoms with Crippen molar-refractivity contribution in [1.82, 2.24) is 5.32 Å². The van der Waals surface area contributed by atoms with Crippen LogP contribution in [0.4, 0.5) is 0 Å². The highest BCUT2D eigenvalue weighted by molar-refractivity contribution is 7.91. The van der Waals surface area contributed by atoms with Crippen molar-refractivity contribution in [3.8, 4) is 11.5 Å². The second-order valence-corrected chi connectivity index (χ2v) is 7.46. The Morgan fingerprint density at radius 1 is 1.17 bits per heavy atom. The van der Waals surface area contributed by atoms with E-state index >= 15 is 0 Å². The quantitative estimate of drug-likeness (QED) is 0.666. The van der Waals surface area contributed by atoms with Crippen LogP contribution >= 0.6 is 0 Å². The minimum atomic E-state index is -3.32. The summed E-state index contributed by atoms with van der Waals surface area (Å²) in [5.41, 5.74) is 0.149. The van der Waals surface area contributed by atoms with Crippen LogP contribution in [-0.2, 0) is 14.6 Å². The average Bonchev–Trinajstić information content (AvgIpc) is 2.57. The smallest absolute Gasteiger partial charge is 0.326 e. The minimum Gasteiger partial charge on any atom is -0.497 e. The average molecular weight is 359 g/mol. The third-order valence-electron chi connectivity index (χ3n) is 3.37. The van der Waals surface area contributed by atoms with Crippen LogP contribution in [0.15, 0.2) is 18.2 Å². The number of benzene rings is 1. The fraction of sp³-hybridized carbons (Fsp3) is 0.467. The number of carboxylic acid groups (broad SMARTS) is 1. The van der Waals surface area contributed by atoms with Crippen molar-refractivity contribution in [2.75, 3.05) is 25.7 Å². The molecule has 1 amide bonds. The van der Waals surface area contributed by atoms with Crippen LogP contribution in [-0.4, -0.2) is 57.2 Å². The third kappa shape index (κ3) is 5.73. The lowest BCUT2D eigenvalue weighted by atomic mass is 10.1. The molecule has 24 heavy (non-hydrogen) atoms. The fourth-order valence-electron chi connectivity index (χ4n) is 1.88. The van der Waals surface area contributed by atoms with Gasteiger partial charge >= 0.3 is 5.97 Å². The van der Waals surface area contributed by atoms with Crippen molar-refractivity contribution in [2.24, 2.45) is 0 Å². The molecule has 0 aliphatic heterocycles. The van der Waals surface area contributed by atoms with Gasteiger partial charge in [-0.3, -0.25) is 4.79 Å². The number of aliphatic carboxylic acids is 1. The second-order valence-electron chi connectivity index (χ2n) is 4.99. The van der Waals surface area contributed by atoms with Gasteiger partial charge in [0.25, 0.3) is 5.91 Å². The van der Waals surface area contributed by atoms with E-state index < -0.39 is 27.8 Å². The summed E-state index contributed by atoms with van der Waals surface area (Å²) < 4.78 is 33.1. The standard InChI is InChI=1S/C15H21NO7S/c1-4-24(20,21)6-5-13(15(18)19)16-14(17)10-7-11(22-2)9-12(8-10)23-3/h7-9,13H,4-6H2,1-3H3,(H,16,17)(H,18,19). The summed E-state index contributed by atoms with van der Waals surface area (Å²) in [4.78, 5) is 23.5. The van der Waals surface area contributed by atoms with Gasteiger partial charge in [0.2, 0.25) is 0 Å². The number of rotatable bonds is 9. The van der Waals surface area contributed by atoms with Crippen molar-refractivity contribution < 1.29 is 32.6 Å². The summed E-state index contributed by atoms with van der Waals surface area (Å²) in [6.45, 7) is 1.48. The van der Waals surface area contributed by atoms with E-state index in [0.717, 1.165) is 0 Å². The van der Waals surface area contributed by atoms with Gasteiger partial charge in [-0.15, -0.1) is 0 Å². The second kappa shape index (κ2) is 8.53. The number of hydrogen-bond acceptors (Lipinski definition) is 6. The molecule has 0 saturated heterocycles. The van der Waals surface area contributed by atoms with Gasteiger partial charge < -0.3 is 19.9 Å². The Labute approximate surface area is 140 Å². The summed E-state index contributed by atoms with van der Waals surface area (Å²) in [5.74, 6) is -1.61. The van der Waals surface area contributed by atoms with E-state index in [1.54, 1.807) is 6.07 Å². The van der Waals surface area contributed by atoms with Gasteiger partial charge in [0.15, 0.2) is 0 Å². The first-order valence-electron chi connectivity index (χ1n) is 7.19. The summed E-state index contributed by atoms with van der Waals surface area (Å²) in [7, 11) is -0.479. The zero-order valence-corrected chi connectivity index (χ0v) is 14.6. The number of carbonyl (C=O) groups excluding carboxylic acids is 1. The number of amides is 1. The molecular weight excluding hydrogens is 338 g/mol. The molecule has 8 nitrogen and oxygen atoms in total. The number of nitrogens with one attached hydrogen (secondary N) is 1. The Hall–Kier alpha value is -2.29. The maximum absolute atomic E-state index is 12.3. The first-order valence-corrected chi connectivity index (χ1v) is 9.01. The number of ether oxygens (including phenoxy) is 2. The van der Waals surface area contributed by atoms with Crippen LogP contribution < -0.4 is 14.8 Å². The van der Waals surface area contributed by atoms with Crippen molar-refractivity contribution >= 4 is 21.7 Å². The largest absolute Gasteiger partial charge is 0.497 e. The highest BCUT2D eigenvalue weighted by atomic mass is 32.2. The van der Waals surface area contributed by atoms with E-state index in [4.69, 9.17) is 9.47 Å². The maximum atomic E-state index is 12.3. The Kier molecular flexibility index (Phi) is 7.02. The lowest BCUT2D eigenvalue weighted by Gasteiger charge is -2.15. The molecule has 0 heterocycles. The zero-order valence-electron chi connectivity index (χ0n) is 13.7. The number of methoxy groups -OCH3 is 2. The van der Waals surface area contributed by atoms with Crippen molar-refractivity contribution in [3.63, 3.8) is 0 Å². The molecule has 0 aliphatic carbocycles. The zero-order chi connectivity index (χ0) is 18.3. The van der Waals surface area contributed by atoms with Crippen LogP contribution in [0.1, 0.15) is 23.7 Å². The van der Waals surface area contributed by atoms with Crippen LogP contribution in [0.5, 0.6) is 11.5 Å². The van der Waals surface area contributed by atoms with Crippen molar-refractivity contribution in [2.45, 2.75) is 19.4 Å². The maximum Gasteiger partial charge on any atom is 0.326 e. The van der Waals surface area contributed by atoms with Crippen molar-refractivity contribution in [3.05, 3.63) is 23.8 Å². The third-order valence-corrected chi connectivity index (χ3v) is 5.11. The molecule has 0 fully saturated rings. The molecule has 2 N–H and O–H groups in total. The predicted octanol–water partition coefficient (Wildman–Crippen LogP) is 0.712. The van der Waals surface area contributed by atoms with E-state index in [1.807, 2.05) is 0 Å². The first kappa shape index (κ1) is 19.8. The Morgan fingerprint density at radius 3 is 2.12 bits per heavy atom. The molecule has 1 unspecified atom stereocenters. The van der Waals surface area contributed by atoms with Gasteiger partial charge in [-0.2, -0.15) is 0 Å². The predicted molar refractivity (Wildman–Crippen MR) is 87.4 cm³/mol. The minimum absolute atomic E-state index is 0.0830. The Balaban J connectivity index is 2.91. The summed E-state index contributed by atoms with van der Waals surface area (Å²) in [5, 5.41) is 11.5. The molecule has 1 aromatic rings. The summed E-state index contributed by atoms with van der Waals surface area (Å²) in [6.07, 6.45) is -0.210. The van der Waals surface area contributed by atoms with E-state index in [-0.39, 0.29) is 23.5 Å². The molecular formula is C15H21NO7S. The molecule has 0 radical (unpaired) electrons. The van der Waals surface area contributed by atoms with E-state index in [9.17, 15) is 23.1 Å². The van der Waals surface area contributed by atoms with Crippen molar-refractivity contribution in [1.29, 1.82) is 0 Å². The topological polar surface area (TPSA) is 119 Å². The first-order chi connectivity index (χ1) is 11.2. The molecule has 0 aliphatic rings. The van der Waals surface area contributed by atoms with Crippen LogP contribution in [0, 0.1) is 0 Å². The van der Waals surface area contributed by atoms with Crippen LogP contribution in [0.3, 0.4) is 0 Å². The van der Waals surface area contributed by atoms with E-state index in [2.05, 4.69) is 5.32 Å². The lowest BCUT2D eigenvalue weighted by Crippen LogP contribution is -2.42. The number of carboxylic acids is 1. The van der Waals surface area contributed by atoms with E-state index in [1.165, 1.54) is 33.3 Å². The lowest BCUT2D eigenvalue weighted by molar-refractivity contribution is -0.139. The molecule has 9 heteroatoms. The molecule has 0 spiro atoms.